The largest absolute Gasteiger partial charge is 0.204 e. The molecule has 0 saturated carbocycles. The van der Waals surface area contributed by atoms with Crippen molar-refractivity contribution in [2.75, 3.05) is 0 Å². The molecule has 0 aliphatic heterocycles. The summed E-state index contributed by atoms with van der Waals surface area (Å²) in [6.07, 6.45) is 0. The fourth-order valence-electron chi connectivity index (χ4n) is 3.05. The van der Waals surface area contributed by atoms with E-state index in [0.717, 1.165) is 40.4 Å². The third-order valence-electron chi connectivity index (χ3n) is 4.24. The van der Waals surface area contributed by atoms with Crippen LogP contribution < -0.4 is 0 Å². The summed E-state index contributed by atoms with van der Waals surface area (Å²) < 4.78 is 53.9. The molecular weight excluding hydrogens is 304 g/mol. The van der Waals surface area contributed by atoms with Crippen LogP contribution in [0.25, 0.3) is 32.3 Å². The maximum atomic E-state index is 13.6. The Labute approximate surface area is 129 Å². The van der Waals surface area contributed by atoms with Gasteiger partial charge in [-0.05, 0) is 81.2 Å². The monoisotopic (exact) mass is 314 g/mol. The topological polar surface area (TPSA) is 0 Å². The van der Waals surface area contributed by atoms with Gasteiger partial charge in [-0.3, -0.25) is 0 Å². The van der Waals surface area contributed by atoms with Crippen molar-refractivity contribution in [2.24, 2.45) is 0 Å². The predicted molar refractivity (Wildman–Crippen MR) is 83.5 cm³/mol. The van der Waals surface area contributed by atoms with E-state index in [4.69, 9.17) is 0 Å². The van der Waals surface area contributed by atoms with Crippen LogP contribution in [0.2, 0.25) is 0 Å². The molecule has 0 unspecified atom stereocenters. The van der Waals surface area contributed by atoms with Crippen molar-refractivity contribution < 1.29 is 17.6 Å². The number of benzene rings is 2. The van der Waals surface area contributed by atoms with E-state index >= 15 is 0 Å². The van der Waals surface area contributed by atoms with E-state index in [2.05, 4.69) is 0 Å². The van der Waals surface area contributed by atoms with Crippen LogP contribution in [0.4, 0.5) is 17.6 Å². The van der Waals surface area contributed by atoms with Gasteiger partial charge in [0.2, 0.25) is 0 Å². The molecule has 4 aromatic carbocycles. The molecule has 0 spiro atoms. The van der Waals surface area contributed by atoms with Crippen LogP contribution in [0.15, 0.2) is 42.5 Å². The lowest BCUT2D eigenvalue weighted by molar-refractivity contribution is 0.510. The van der Waals surface area contributed by atoms with Crippen molar-refractivity contribution in [3.63, 3.8) is 0 Å². The van der Waals surface area contributed by atoms with E-state index in [-0.39, 0.29) is 0 Å². The zero-order valence-electron chi connectivity index (χ0n) is 12.1. The second kappa shape index (κ2) is 4.69. The zero-order valence-corrected chi connectivity index (χ0v) is 12.1. The summed E-state index contributed by atoms with van der Waals surface area (Å²) in [5.74, 6) is -3.67. The van der Waals surface area contributed by atoms with Gasteiger partial charge in [0.25, 0.3) is 0 Å². The van der Waals surface area contributed by atoms with Crippen LogP contribution in [0, 0.1) is 30.2 Å². The van der Waals surface area contributed by atoms with Crippen LogP contribution in [-0.4, -0.2) is 0 Å². The first-order chi connectivity index (χ1) is 11.0. The molecule has 4 aromatic rings. The molecule has 0 aromatic heterocycles. The third-order valence-corrected chi connectivity index (χ3v) is 4.24. The molecule has 0 atom stereocenters. The minimum Gasteiger partial charge on any atom is -0.204 e. The highest BCUT2D eigenvalue weighted by molar-refractivity contribution is 6.27. The lowest BCUT2D eigenvalue weighted by Gasteiger charge is -2.14. The molecule has 0 nitrogen and oxygen atoms in total. The predicted octanol–water partition coefficient (Wildman–Crippen LogP) is 6.01. The van der Waals surface area contributed by atoms with Gasteiger partial charge in [0.1, 0.15) is 0 Å². The average molecular weight is 314 g/mol. The molecule has 4 heteroatoms. The molecule has 0 amide bonds. The molecule has 0 bridgehead atoms. The molecule has 0 heterocycles. The summed E-state index contributed by atoms with van der Waals surface area (Å²) in [6.45, 7) is 1.68. The highest BCUT2D eigenvalue weighted by Gasteiger charge is 2.15. The van der Waals surface area contributed by atoms with Crippen molar-refractivity contribution in [1.29, 1.82) is 0 Å². The summed E-state index contributed by atoms with van der Waals surface area (Å²) in [5, 5.41) is 4.25. The fourth-order valence-corrected chi connectivity index (χ4v) is 3.05. The van der Waals surface area contributed by atoms with Gasteiger partial charge >= 0.3 is 0 Å². The maximum Gasteiger partial charge on any atom is 0.159 e. The fraction of sp³-hybridized carbons (Fsp3) is 0.0526. The second-order valence-electron chi connectivity index (χ2n) is 5.65. The second-order valence-corrected chi connectivity index (χ2v) is 5.65. The summed E-state index contributed by atoms with van der Waals surface area (Å²) in [4.78, 5) is 0. The van der Waals surface area contributed by atoms with Crippen LogP contribution in [0.1, 0.15) is 5.56 Å². The molecule has 0 aliphatic carbocycles. The number of fused-ring (bicyclic) bond motifs is 5. The Bertz CT molecular complexity index is 1110. The summed E-state index contributed by atoms with van der Waals surface area (Å²) in [5.41, 5.74) is 0.566. The Morgan fingerprint density at radius 3 is 1.70 bits per heavy atom. The van der Waals surface area contributed by atoms with Crippen molar-refractivity contribution in [3.8, 4) is 0 Å². The first-order valence-electron chi connectivity index (χ1n) is 7.05. The molecule has 0 radical (unpaired) electrons. The molecule has 0 aliphatic rings. The highest BCUT2D eigenvalue weighted by atomic mass is 19.2. The van der Waals surface area contributed by atoms with Gasteiger partial charge in [0, 0.05) is 0 Å². The van der Waals surface area contributed by atoms with E-state index in [9.17, 15) is 17.6 Å². The van der Waals surface area contributed by atoms with Gasteiger partial charge in [-0.1, -0.05) is 6.07 Å². The van der Waals surface area contributed by atoms with E-state index in [0.29, 0.717) is 21.7 Å². The zero-order chi connectivity index (χ0) is 16.3. The number of halogens is 4. The summed E-state index contributed by atoms with van der Waals surface area (Å²) >= 11 is 0. The van der Waals surface area contributed by atoms with Gasteiger partial charge in [-0.2, -0.15) is 0 Å². The minimum atomic E-state index is -0.939. The van der Waals surface area contributed by atoms with Crippen molar-refractivity contribution in [1.82, 2.24) is 0 Å². The molecule has 4 rings (SSSR count). The maximum absolute atomic E-state index is 13.6. The van der Waals surface area contributed by atoms with Gasteiger partial charge in [0.15, 0.2) is 23.3 Å². The third kappa shape index (κ3) is 1.98. The lowest BCUT2D eigenvalue weighted by atomic mass is 9.90. The molecule has 0 N–H and O–H groups in total. The normalized spacial score (nSPS) is 11.7. The molecule has 23 heavy (non-hydrogen) atoms. The van der Waals surface area contributed by atoms with Gasteiger partial charge in [-0.25, -0.2) is 17.6 Å². The Morgan fingerprint density at radius 2 is 1.04 bits per heavy atom. The van der Waals surface area contributed by atoms with Crippen LogP contribution in [0.3, 0.4) is 0 Å². The van der Waals surface area contributed by atoms with E-state index in [1.807, 2.05) is 0 Å². The summed E-state index contributed by atoms with van der Waals surface area (Å²) in [7, 11) is 0. The Morgan fingerprint density at radius 1 is 0.522 bits per heavy atom. The van der Waals surface area contributed by atoms with E-state index in [1.54, 1.807) is 19.1 Å². The first kappa shape index (κ1) is 14.0. The SMILES string of the molecule is Cc1cc(F)c(F)ccc2cc3c4cc(F)c(F)cc4c3cc12. The van der Waals surface area contributed by atoms with Gasteiger partial charge < -0.3 is 0 Å². The standard InChI is InChI=1S/C19H10F4/c1-9-4-17(21)16(20)3-2-10-5-12-13(6-11(9)10)15-8-19(23)18(22)7-14(12)15/h2-8H,1H3. The van der Waals surface area contributed by atoms with E-state index in [1.165, 1.54) is 6.07 Å². The Hall–Kier alpha value is -2.62. The molecular formula is C19H10F4. The van der Waals surface area contributed by atoms with Gasteiger partial charge in [-0.15, -0.1) is 0 Å². The molecule has 114 valence electrons. The first-order valence-corrected chi connectivity index (χ1v) is 7.05. The number of hydrogen-bond acceptors (Lipinski definition) is 0. The number of aryl methyl sites for hydroxylation is 1. The average Bonchev–Trinajstić information content (AvgIpc) is 2.52. The Kier molecular flexibility index (Phi) is 2.85. The number of hydrogen-bond donors (Lipinski definition) is 0. The smallest absolute Gasteiger partial charge is 0.159 e. The molecule has 0 fully saturated rings. The number of rotatable bonds is 0. The van der Waals surface area contributed by atoms with Crippen LogP contribution in [-0.2, 0) is 0 Å². The van der Waals surface area contributed by atoms with Crippen molar-refractivity contribution >= 4 is 32.3 Å². The summed E-state index contributed by atoms with van der Waals surface area (Å²) in [6, 6.07) is 9.60. The van der Waals surface area contributed by atoms with Gasteiger partial charge in [0.05, 0.1) is 0 Å². The quantitative estimate of drug-likeness (QED) is 0.349. The van der Waals surface area contributed by atoms with E-state index < -0.39 is 23.3 Å². The van der Waals surface area contributed by atoms with Crippen molar-refractivity contribution in [3.05, 3.63) is 71.3 Å². The van der Waals surface area contributed by atoms with Crippen molar-refractivity contribution in [2.45, 2.75) is 6.92 Å². The highest BCUT2D eigenvalue weighted by Crippen LogP contribution is 2.39. The Balaban J connectivity index is 2.15. The van der Waals surface area contributed by atoms with Crippen LogP contribution >= 0.6 is 0 Å². The van der Waals surface area contributed by atoms with Crippen LogP contribution in [0.5, 0.6) is 0 Å². The lowest BCUT2D eigenvalue weighted by Crippen LogP contribution is -1.91. The minimum absolute atomic E-state index is 0.566. The molecule has 0 saturated heterocycles.